The third-order valence-electron chi connectivity index (χ3n) is 3.57. The fourth-order valence-corrected chi connectivity index (χ4v) is 3.64. The molecule has 1 aliphatic rings. The van der Waals surface area contributed by atoms with Gasteiger partial charge in [-0.1, -0.05) is 6.92 Å². The number of carbonyl (C=O) groups excluding carboxylic acids is 1. The van der Waals surface area contributed by atoms with E-state index in [4.69, 9.17) is 0 Å². The molecule has 2 N–H and O–H groups in total. The van der Waals surface area contributed by atoms with Crippen LogP contribution < -0.4 is 10.6 Å². The second-order valence-corrected chi connectivity index (χ2v) is 7.57. The predicted molar refractivity (Wildman–Crippen MR) is 95.2 cm³/mol. The van der Waals surface area contributed by atoms with E-state index in [9.17, 15) is 4.79 Å². The highest BCUT2D eigenvalue weighted by Crippen LogP contribution is 2.21. The van der Waals surface area contributed by atoms with Gasteiger partial charge in [0.05, 0.1) is 10.3 Å². The zero-order valence-corrected chi connectivity index (χ0v) is 15.5. The molecule has 0 saturated carbocycles. The molecule has 0 aromatic carbocycles. The lowest BCUT2D eigenvalue weighted by molar-refractivity contribution is -0.129. The number of hydrogen-bond acceptors (Lipinski definition) is 3. The number of guanidine groups is 1. The lowest BCUT2D eigenvalue weighted by Crippen LogP contribution is -2.45. The minimum Gasteiger partial charge on any atom is -0.357 e. The number of nitrogens with zero attached hydrogens (tertiary/aromatic N) is 2. The number of rotatable bonds is 5. The Bertz CT molecular complexity index is 531. The second kappa shape index (κ2) is 8.53. The summed E-state index contributed by atoms with van der Waals surface area (Å²) in [4.78, 5) is 18.3. The number of halogens is 1. The van der Waals surface area contributed by atoms with Gasteiger partial charge >= 0.3 is 0 Å². The van der Waals surface area contributed by atoms with Gasteiger partial charge in [0.1, 0.15) is 0 Å². The minimum absolute atomic E-state index is 0.231. The molecule has 0 spiro atoms. The first-order valence-electron chi connectivity index (χ1n) is 7.67. The van der Waals surface area contributed by atoms with E-state index in [1.54, 1.807) is 11.3 Å². The van der Waals surface area contributed by atoms with Gasteiger partial charge < -0.3 is 15.5 Å². The molecule has 1 saturated heterocycles. The van der Waals surface area contributed by atoms with Crippen LogP contribution in [0.15, 0.2) is 20.2 Å². The molecule has 0 aliphatic carbocycles. The number of hydrogen-bond donors (Lipinski definition) is 2. The highest BCUT2D eigenvalue weighted by Gasteiger charge is 2.25. The largest absolute Gasteiger partial charge is 0.357 e. The van der Waals surface area contributed by atoms with Crippen molar-refractivity contribution < 1.29 is 4.79 Å². The molecule has 1 unspecified atom stereocenters. The minimum atomic E-state index is 0.231. The van der Waals surface area contributed by atoms with Crippen LogP contribution in [0.25, 0.3) is 0 Å². The van der Waals surface area contributed by atoms with Crippen LogP contribution in [0.3, 0.4) is 0 Å². The quantitative estimate of drug-likeness (QED) is 0.603. The smallest absolute Gasteiger partial charge is 0.222 e. The SMILES string of the molecule is CCNC(=NCc1csc(Br)c1)NC1CCN(C(=O)CC)C1. The van der Waals surface area contributed by atoms with Crippen LogP contribution in [0.1, 0.15) is 32.3 Å². The first-order valence-corrected chi connectivity index (χ1v) is 9.35. The van der Waals surface area contributed by atoms with Gasteiger partial charge in [0, 0.05) is 32.1 Å². The summed E-state index contributed by atoms with van der Waals surface area (Å²) < 4.78 is 1.13. The number of amides is 1. The molecular formula is C15H23BrN4OS. The van der Waals surface area contributed by atoms with E-state index < -0.39 is 0 Å². The van der Waals surface area contributed by atoms with Crippen molar-refractivity contribution in [3.05, 3.63) is 20.8 Å². The molecule has 5 nitrogen and oxygen atoms in total. The van der Waals surface area contributed by atoms with Crippen molar-refractivity contribution in [2.45, 2.75) is 39.3 Å². The van der Waals surface area contributed by atoms with Crippen LogP contribution in [0, 0.1) is 0 Å². The summed E-state index contributed by atoms with van der Waals surface area (Å²) in [5.41, 5.74) is 1.20. The Morgan fingerprint density at radius 2 is 2.36 bits per heavy atom. The van der Waals surface area contributed by atoms with E-state index in [-0.39, 0.29) is 11.9 Å². The van der Waals surface area contributed by atoms with Crippen molar-refractivity contribution in [1.29, 1.82) is 0 Å². The Kier molecular flexibility index (Phi) is 6.70. The molecule has 0 bridgehead atoms. The molecular weight excluding hydrogens is 364 g/mol. The highest BCUT2D eigenvalue weighted by atomic mass is 79.9. The first-order chi connectivity index (χ1) is 10.6. The van der Waals surface area contributed by atoms with Crippen LogP contribution in [-0.4, -0.2) is 42.4 Å². The van der Waals surface area contributed by atoms with E-state index in [1.807, 2.05) is 11.8 Å². The number of nitrogens with one attached hydrogen (secondary N) is 2. The van der Waals surface area contributed by atoms with E-state index >= 15 is 0 Å². The third kappa shape index (κ3) is 4.98. The van der Waals surface area contributed by atoms with Crippen molar-refractivity contribution in [1.82, 2.24) is 15.5 Å². The topological polar surface area (TPSA) is 56.7 Å². The molecule has 1 aromatic rings. The van der Waals surface area contributed by atoms with Gasteiger partial charge in [-0.05, 0) is 46.3 Å². The summed E-state index contributed by atoms with van der Waals surface area (Å²) >= 11 is 5.14. The Morgan fingerprint density at radius 1 is 1.55 bits per heavy atom. The van der Waals surface area contributed by atoms with E-state index in [0.29, 0.717) is 13.0 Å². The van der Waals surface area contributed by atoms with Gasteiger partial charge in [0.15, 0.2) is 5.96 Å². The molecule has 22 heavy (non-hydrogen) atoms. The van der Waals surface area contributed by atoms with Crippen molar-refractivity contribution in [2.24, 2.45) is 4.99 Å². The maximum absolute atomic E-state index is 11.7. The summed E-state index contributed by atoms with van der Waals surface area (Å²) in [5, 5.41) is 8.82. The summed E-state index contributed by atoms with van der Waals surface area (Å²) in [5.74, 6) is 1.05. The molecule has 1 amide bonds. The van der Waals surface area contributed by atoms with Gasteiger partial charge in [-0.15, -0.1) is 11.3 Å². The Labute approximate surface area is 144 Å². The van der Waals surface area contributed by atoms with E-state index in [1.165, 1.54) is 5.56 Å². The summed E-state index contributed by atoms with van der Waals surface area (Å²) in [7, 11) is 0. The number of carbonyl (C=O) groups is 1. The number of thiophene rings is 1. The molecule has 7 heteroatoms. The average molecular weight is 387 g/mol. The highest BCUT2D eigenvalue weighted by molar-refractivity contribution is 9.11. The summed E-state index contributed by atoms with van der Waals surface area (Å²) in [6.45, 7) is 7.04. The van der Waals surface area contributed by atoms with Crippen molar-refractivity contribution in [2.75, 3.05) is 19.6 Å². The maximum atomic E-state index is 11.7. The van der Waals surface area contributed by atoms with Gasteiger partial charge in [0.25, 0.3) is 0 Å². The maximum Gasteiger partial charge on any atom is 0.222 e. The normalized spacial score (nSPS) is 18.6. The molecule has 2 rings (SSSR count). The lowest BCUT2D eigenvalue weighted by atomic mass is 10.3. The zero-order chi connectivity index (χ0) is 15.9. The van der Waals surface area contributed by atoms with Crippen LogP contribution in [0.5, 0.6) is 0 Å². The Hall–Kier alpha value is -1.08. The van der Waals surface area contributed by atoms with Crippen LogP contribution in [-0.2, 0) is 11.3 Å². The van der Waals surface area contributed by atoms with Crippen molar-refractivity contribution >= 4 is 39.1 Å². The first kappa shape index (κ1) is 17.3. The Balaban J connectivity index is 1.90. The standard InChI is InChI=1S/C15H23BrN4OS/c1-3-14(21)20-6-5-12(9-20)19-15(17-4-2)18-8-11-7-13(16)22-10-11/h7,10,12H,3-6,8-9H2,1-2H3,(H2,17,18,19). The molecule has 1 aromatic heterocycles. The van der Waals surface area contributed by atoms with Crippen LogP contribution in [0.4, 0.5) is 0 Å². The number of likely N-dealkylation sites (tertiary alicyclic amines) is 1. The molecule has 2 heterocycles. The molecule has 1 aliphatic heterocycles. The molecule has 1 atom stereocenters. The summed E-state index contributed by atoms with van der Waals surface area (Å²) in [6.07, 6.45) is 1.55. The summed E-state index contributed by atoms with van der Waals surface area (Å²) in [6, 6.07) is 2.37. The molecule has 122 valence electrons. The van der Waals surface area contributed by atoms with Crippen LogP contribution in [0.2, 0.25) is 0 Å². The predicted octanol–water partition coefficient (Wildman–Crippen LogP) is 2.58. The number of aliphatic imine (C=N–C) groups is 1. The molecule has 1 fully saturated rings. The van der Waals surface area contributed by atoms with Gasteiger partial charge in [-0.3, -0.25) is 4.79 Å². The van der Waals surface area contributed by atoms with Gasteiger partial charge in [-0.25, -0.2) is 4.99 Å². The van der Waals surface area contributed by atoms with Crippen molar-refractivity contribution in [3.8, 4) is 0 Å². The molecule has 0 radical (unpaired) electrons. The lowest BCUT2D eigenvalue weighted by Gasteiger charge is -2.18. The fourth-order valence-electron chi connectivity index (χ4n) is 2.44. The van der Waals surface area contributed by atoms with Gasteiger partial charge in [0.2, 0.25) is 5.91 Å². The average Bonchev–Trinajstić information content (AvgIpc) is 3.13. The van der Waals surface area contributed by atoms with E-state index in [0.717, 1.165) is 35.8 Å². The fraction of sp³-hybridized carbons (Fsp3) is 0.600. The van der Waals surface area contributed by atoms with E-state index in [2.05, 4.69) is 49.9 Å². The van der Waals surface area contributed by atoms with Gasteiger partial charge in [-0.2, -0.15) is 0 Å². The third-order valence-corrected chi connectivity index (χ3v) is 5.12. The van der Waals surface area contributed by atoms with Crippen molar-refractivity contribution in [3.63, 3.8) is 0 Å². The second-order valence-electron chi connectivity index (χ2n) is 5.28. The monoisotopic (exact) mass is 386 g/mol. The Morgan fingerprint density at radius 3 is 3.00 bits per heavy atom. The van der Waals surface area contributed by atoms with Crippen LogP contribution >= 0.6 is 27.3 Å². The zero-order valence-electron chi connectivity index (χ0n) is 13.1.